The van der Waals surface area contributed by atoms with E-state index in [1.807, 2.05) is 44.7 Å². The molecular formula is C15H18N4O. The predicted molar refractivity (Wildman–Crippen MR) is 76.1 cm³/mol. The van der Waals surface area contributed by atoms with E-state index in [1.54, 1.807) is 4.90 Å². The number of carbonyl (C=O) groups excluding carboxylic acids is 1. The summed E-state index contributed by atoms with van der Waals surface area (Å²) < 4.78 is 2.16. The van der Waals surface area contributed by atoms with Gasteiger partial charge in [0.2, 0.25) is 5.91 Å². The van der Waals surface area contributed by atoms with E-state index in [-0.39, 0.29) is 11.9 Å². The van der Waals surface area contributed by atoms with Gasteiger partial charge in [0.1, 0.15) is 5.82 Å². The largest absolute Gasteiger partial charge is 0.344 e. The monoisotopic (exact) mass is 270 g/mol. The maximum absolute atomic E-state index is 11.6. The van der Waals surface area contributed by atoms with Crippen molar-refractivity contribution in [1.29, 1.82) is 0 Å². The zero-order valence-corrected chi connectivity index (χ0v) is 11.8. The van der Waals surface area contributed by atoms with Gasteiger partial charge in [-0.15, -0.1) is 0 Å². The van der Waals surface area contributed by atoms with Crippen LogP contribution >= 0.6 is 0 Å². The highest BCUT2D eigenvalue weighted by molar-refractivity contribution is 5.76. The van der Waals surface area contributed by atoms with Gasteiger partial charge in [0.15, 0.2) is 0 Å². The van der Waals surface area contributed by atoms with E-state index in [1.165, 1.54) is 0 Å². The molecule has 1 atom stereocenters. The minimum Gasteiger partial charge on any atom is -0.344 e. The van der Waals surface area contributed by atoms with Crippen LogP contribution in [0.1, 0.15) is 24.6 Å². The lowest BCUT2D eigenvalue weighted by atomic mass is 10.1. The molecule has 5 heteroatoms. The first-order valence-corrected chi connectivity index (χ1v) is 6.85. The number of likely N-dealkylation sites (N-methyl/N-ethyl adjacent to an activating group) is 1. The molecule has 0 N–H and O–H groups in total. The van der Waals surface area contributed by atoms with E-state index in [4.69, 9.17) is 0 Å². The van der Waals surface area contributed by atoms with Gasteiger partial charge >= 0.3 is 0 Å². The molecular weight excluding hydrogens is 252 g/mol. The maximum atomic E-state index is 11.6. The molecule has 2 aromatic heterocycles. The molecule has 5 nitrogen and oxygen atoms in total. The fraction of sp³-hybridized carbons (Fsp3) is 0.400. The van der Waals surface area contributed by atoms with Crippen LogP contribution in [-0.4, -0.2) is 38.9 Å². The van der Waals surface area contributed by atoms with Crippen molar-refractivity contribution < 1.29 is 4.79 Å². The molecule has 2 aromatic rings. The second-order valence-corrected chi connectivity index (χ2v) is 5.31. The molecule has 1 saturated heterocycles. The molecule has 0 aromatic carbocycles. The zero-order valence-electron chi connectivity index (χ0n) is 11.8. The Bertz CT molecular complexity index is 617. The Balaban J connectivity index is 1.90. The Hall–Kier alpha value is -2.17. The van der Waals surface area contributed by atoms with Gasteiger partial charge in [0.25, 0.3) is 0 Å². The topological polar surface area (TPSA) is 51.0 Å². The van der Waals surface area contributed by atoms with Crippen LogP contribution in [0.3, 0.4) is 0 Å². The van der Waals surface area contributed by atoms with Crippen LogP contribution in [0.4, 0.5) is 0 Å². The fourth-order valence-corrected chi connectivity index (χ4v) is 2.65. The Morgan fingerprint density at radius 2 is 2.15 bits per heavy atom. The van der Waals surface area contributed by atoms with E-state index in [2.05, 4.69) is 14.5 Å². The molecule has 20 heavy (non-hydrogen) atoms. The molecule has 0 aliphatic carbocycles. The molecule has 1 aliphatic heterocycles. The molecule has 1 unspecified atom stereocenters. The predicted octanol–water partition coefficient (Wildman–Crippen LogP) is 2.05. The number of nitrogens with zero attached hydrogens (tertiary/aromatic N) is 4. The first kappa shape index (κ1) is 12.8. The van der Waals surface area contributed by atoms with Gasteiger partial charge in [-0.3, -0.25) is 9.78 Å². The normalized spacial score (nSPS) is 19.4. The third kappa shape index (κ3) is 2.31. The van der Waals surface area contributed by atoms with Crippen LogP contribution in [0.2, 0.25) is 0 Å². The number of imidazole rings is 1. The van der Waals surface area contributed by atoms with Crippen molar-refractivity contribution in [2.75, 3.05) is 13.6 Å². The highest BCUT2D eigenvalue weighted by Gasteiger charge is 2.25. The number of likely N-dealkylation sites (tertiary alicyclic amines) is 1. The number of piperidine rings is 1. The summed E-state index contributed by atoms with van der Waals surface area (Å²) in [6.45, 7) is 2.71. The zero-order chi connectivity index (χ0) is 14.1. The Labute approximate surface area is 118 Å². The molecule has 0 saturated carbocycles. The maximum Gasteiger partial charge on any atom is 0.222 e. The van der Waals surface area contributed by atoms with Crippen LogP contribution < -0.4 is 0 Å². The summed E-state index contributed by atoms with van der Waals surface area (Å²) in [5, 5.41) is 0. The number of amides is 1. The SMILES string of the molecule is Cc1ccc(-c2nccn2C2CCC(=O)N(C)C2)cn1. The third-order valence-corrected chi connectivity index (χ3v) is 3.83. The minimum absolute atomic E-state index is 0.222. The average Bonchev–Trinajstić information content (AvgIpc) is 2.92. The standard InChI is InChI=1S/C15H18N4O/c1-11-3-4-12(9-17-11)15-16-7-8-19(15)13-5-6-14(20)18(2)10-13/h3-4,7-9,13H,5-6,10H2,1-2H3. The number of pyridine rings is 1. The summed E-state index contributed by atoms with van der Waals surface area (Å²) in [4.78, 5) is 22.2. The molecule has 1 aliphatic rings. The first-order chi connectivity index (χ1) is 9.65. The van der Waals surface area contributed by atoms with Crippen LogP contribution in [0, 0.1) is 6.92 Å². The molecule has 0 radical (unpaired) electrons. The lowest BCUT2D eigenvalue weighted by molar-refractivity contribution is -0.132. The van der Waals surface area contributed by atoms with Crippen LogP contribution in [0.15, 0.2) is 30.7 Å². The average molecular weight is 270 g/mol. The van der Waals surface area contributed by atoms with E-state index in [0.717, 1.165) is 30.0 Å². The number of aromatic nitrogens is 3. The van der Waals surface area contributed by atoms with E-state index in [0.29, 0.717) is 6.42 Å². The molecule has 1 amide bonds. The van der Waals surface area contributed by atoms with E-state index in [9.17, 15) is 4.79 Å². The number of carbonyl (C=O) groups is 1. The van der Waals surface area contributed by atoms with Crippen molar-refractivity contribution in [2.24, 2.45) is 0 Å². The Morgan fingerprint density at radius 1 is 1.30 bits per heavy atom. The highest BCUT2D eigenvalue weighted by Crippen LogP contribution is 2.27. The fourth-order valence-electron chi connectivity index (χ4n) is 2.65. The lowest BCUT2D eigenvalue weighted by Gasteiger charge is -2.31. The second-order valence-electron chi connectivity index (χ2n) is 5.31. The minimum atomic E-state index is 0.222. The summed E-state index contributed by atoms with van der Waals surface area (Å²) in [6.07, 6.45) is 7.12. The molecule has 0 bridgehead atoms. The highest BCUT2D eigenvalue weighted by atomic mass is 16.2. The second kappa shape index (κ2) is 5.07. The van der Waals surface area contributed by atoms with Crippen molar-refractivity contribution >= 4 is 5.91 Å². The third-order valence-electron chi connectivity index (χ3n) is 3.83. The summed E-state index contributed by atoms with van der Waals surface area (Å²) in [5.41, 5.74) is 2.01. The van der Waals surface area contributed by atoms with Crippen LogP contribution in [-0.2, 0) is 4.79 Å². The Morgan fingerprint density at radius 3 is 2.85 bits per heavy atom. The van der Waals surface area contributed by atoms with Gasteiger partial charge in [0, 0.05) is 49.9 Å². The first-order valence-electron chi connectivity index (χ1n) is 6.85. The molecule has 0 spiro atoms. The molecule has 104 valence electrons. The molecule has 1 fully saturated rings. The summed E-state index contributed by atoms with van der Waals surface area (Å²) in [6, 6.07) is 4.32. The van der Waals surface area contributed by atoms with Crippen LogP contribution in [0.25, 0.3) is 11.4 Å². The van der Waals surface area contributed by atoms with Crippen LogP contribution in [0.5, 0.6) is 0 Å². The number of rotatable bonds is 2. The van der Waals surface area contributed by atoms with Gasteiger partial charge in [-0.25, -0.2) is 4.98 Å². The van der Waals surface area contributed by atoms with Gasteiger partial charge in [-0.2, -0.15) is 0 Å². The van der Waals surface area contributed by atoms with Gasteiger partial charge in [0.05, 0.1) is 6.04 Å². The lowest BCUT2D eigenvalue weighted by Crippen LogP contribution is -2.37. The molecule has 3 rings (SSSR count). The van der Waals surface area contributed by atoms with E-state index >= 15 is 0 Å². The quantitative estimate of drug-likeness (QED) is 0.839. The molecule has 3 heterocycles. The smallest absolute Gasteiger partial charge is 0.222 e. The van der Waals surface area contributed by atoms with E-state index < -0.39 is 0 Å². The van der Waals surface area contributed by atoms with Crippen molar-refractivity contribution in [1.82, 2.24) is 19.4 Å². The summed E-state index contributed by atoms with van der Waals surface area (Å²) in [5.74, 6) is 1.14. The summed E-state index contributed by atoms with van der Waals surface area (Å²) >= 11 is 0. The number of aryl methyl sites for hydroxylation is 1. The number of hydrogen-bond acceptors (Lipinski definition) is 3. The van der Waals surface area contributed by atoms with Crippen molar-refractivity contribution in [3.05, 3.63) is 36.4 Å². The van der Waals surface area contributed by atoms with Gasteiger partial charge < -0.3 is 9.47 Å². The Kier molecular flexibility index (Phi) is 3.26. The van der Waals surface area contributed by atoms with Crippen molar-refractivity contribution in [2.45, 2.75) is 25.8 Å². The summed E-state index contributed by atoms with van der Waals surface area (Å²) in [7, 11) is 1.86. The van der Waals surface area contributed by atoms with Gasteiger partial charge in [-0.1, -0.05) is 0 Å². The number of hydrogen-bond donors (Lipinski definition) is 0. The van der Waals surface area contributed by atoms with Crippen molar-refractivity contribution in [3.8, 4) is 11.4 Å². The van der Waals surface area contributed by atoms with Crippen molar-refractivity contribution in [3.63, 3.8) is 0 Å². The van der Waals surface area contributed by atoms with Gasteiger partial charge in [-0.05, 0) is 25.5 Å².